The van der Waals surface area contributed by atoms with E-state index in [1.807, 2.05) is 25.1 Å². The van der Waals surface area contributed by atoms with E-state index >= 15 is 0 Å². The molecule has 1 N–H and O–H groups in total. The molecule has 3 heteroatoms. The molecule has 0 aliphatic carbocycles. The number of hydrogen-bond donors (Lipinski definition) is 1. The normalized spacial score (nSPS) is 10.7. The van der Waals surface area contributed by atoms with Gasteiger partial charge in [0.2, 0.25) is 0 Å². The van der Waals surface area contributed by atoms with Crippen molar-refractivity contribution in [3.05, 3.63) is 53.6 Å². The van der Waals surface area contributed by atoms with Crippen LogP contribution in [0.5, 0.6) is 0 Å². The van der Waals surface area contributed by atoms with Crippen molar-refractivity contribution in [3.8, 4) is 11.1 Å². The topological polar surface area (TPSA) is 24.9 Å². The molecule has 0 amide bonds. The van der Waals surface area contributed by atoms with E-state index in [-0.39, 0.29) is 5.82 Å². The maximum absolute atomic E-state index is 14.0. The van der Waals surface area contributed by atoms with Gasteiger partial charge in [0.1, 0.15) is 5.82 Å². The monoisotopic (exact) mass is 258 g/mol. The van der Waals surface area contributed by atoms with Crippen molar-refractivity contribution in [1.29, 1.82) is 0 Å². The van der Waals surface area contributed by atoms with Crippen LogP contribution in [0, 0.1) is 12.7 Å². The van der Waals surface area contributed by atoms with E-state index in [0.29, 0.717) is 12.1 Å². The number of aromatic nitrogens is 1. The molecule has 1 aromatic carbocycles. The maximum Gasteiger partial charge on any atom is 0.128 e. The van der Waals surface area contributed by atoms with Crippen LogP contribution in [-0.2, 0) is 6.54 Å². The van der Waals surface area contributed by atoms with Crippen molar-refractivity contribution in [3.63, 3.8) is 0 Å². The van der Waals surface area contributed by atoms with E-state index in [9.17, 15) is 4.39 Å². The van der Waals surface area contributed by atoms with Crippen molar-refractivity contribution in [2.24, 2.45) is 0 Å². The number of nitrogens with zero attached hydrogens (tertiary/aromatic N) is 1. The molecule has 2 aromatic rings. The van der Waals surface area contributed by atoms with E-state index in [4.69, 9.17) is 0 Å². The fraction of sp³-hybridized carbons (Fsp3) is 0.312. The summed E-state index contributed by atoms with van der Waals surface area (Å²) < 4.78 is 14.0. The summed E-state index contributed by atoms with van der Waals surface area (Å²) in [6, 6.07) is 7.33. The Morgan fingerprint density at radius 2 is 2.11 bits per heavy atom. The average molecular weight is 258 g/mol. The molecule has 0 fully saturated rings. The molecule has 0 unspecified atom stereocenters. The highest BCUT2D eigenvalue weighted by Crippen LogP contribution is 2.24. The first-order chi connectivity index (χ1) is 9.22. The van der Waals surface area contributed by atoms with Gasteiger partial charge in [0.25, 0.3) is 0 Å². The lowest BCUT2D eigenvalue weighted by atomic mass is 10.0. The lowest BCUT2D eigenvalue weighted by Gasteiger charge is -2.09. The number of rotatable bonds is 5. The molecule has 100 valence electrons. The lowest BCUT2D eigenvalue weighted by Crippen LogP contribution is -2.14. The summed E-state index contributed by atoms with van der Waals surface area (Å²) in [5.74, 6) is -0.163. The first kappa shape index (κ1) is 13.7. The highest BCUT2D eigenvalue weighted by atomic mass is 19.1. The fourth-order valence-electron chi connectivity index (χ4n) is 2.02. The molecule has 19 heavy (non-hydrogen) atoms. The van der Waals surface area contributed by atoms with Crippen molar-refractivity contribution >= 4 is 0 Å². The third-order valence-electron chi connectivity index (χ3n) is 3.15. The van der Waals surface area contributed by atoms with Crippen LogP contribution in [0.2, 0.25) is 0 Å². The van der Waals surface area contributed by atoms with Crippen molar-refractivity contribution in [1.82, 2.24) is 10.3 Å². The fourth-order valence-corrected chi connectivity index (χ4v) is 2.02. The molecule has 0 saturated heterocycles. The summed E-state index contributed by atoms with van der Waals surface area (Å²) in [7, 11) is 0. The Bertz CT molecular complexity index is 552. The van der Waals surface area contributed by atoms with Gasteiger partial charge in [-0.05, 0) is 43.1 Å². The SMILES string of the molecule is CCCNCc1ccc(-c2cnccc2C)cc1F. The van der Waals surface area contributed by atoms with Crippen LogP contribution in [0.3, 0.4) is 0 Å². The van der Waals surface area contributed by atoms with Crippen LogP contribution in [0.15, 0.2) is 36.7 Å². The number of aryl methyl sites for hydroxylation is 1. The van der Waals surface area contributed by atoms with E-state index in [1.54, 1.807) is 18.5 Å². The molecule has 0 radical (unpaired) electrons. The minimum Gasteiger partial charge on any atom is -0.313 e. The summed E-state index contributed by atoms with van der Waals surface area (Å²) in [5.41, 5.74) is 3.67. The molecule has 0 aliphatic heterocycles. The molecule has 1 heterocycles. The van der Waals surface area contributed by atoms with Gasteiger partial charge in [-0.1, -0.05) is 19.1 Å². The number of benzene rings is 1. The van der Waals surface area contributed by atoms with Gasteiger partial charge in [0.05, 0.1) is 0 Å². The molecule has 0 atom stereocenters. The second kappa shape index (κ2) is 6.43. The summed E-state index contributed by atoms with van der Waals surface area (Å²) in [4.78, 5) is 4.10. The average Bonchev–Trinajstić information content (AvgIpc) is 2.41. The smallest absolute Gasteiger partial charge is 0.128 e. The minimum absolute atomic E-state index is 0.163. The van der Waals surface area contributed by atoms with E-state index in [1.165, 1.54) is 0 Å². The van der Waals surface area contributed by atoms with Gasteiger partial charge in [-0.25, -0.2) is 4.39 Å². The molecule has 2 nitrogen and oxygen atoms in total. The van der Waals surface area contributed by atoms with Gasteiger partial charge in [-0.15, -0.1) is 0 Å². The number of pyridine rings is 1. The zero-order valence-corrected chi connectivity index (χ0v) is 11.4. The van der Waals surface area contributed by atoms with Crippen LogP contribution >= 0.6 is 0 Å². The summed E-state index contributed by atoms with van der Waals surface area (Å²) in [6.07, 6.45) is 4.58. The minimum atomic E-state index is -0.163. The Balaban J connectivity index is 2.21. The second-order valence-electron chi connectivity index (χ2n) is 4.67. The summed E-state index contributed by atoms with van der Waals surface area (Å²) in [5, 5.41) is 3.21. The highest BCUT2D eigenvalue weighted by Gasteiger charge is 2.06. The summed E-state index contributed by atoms with van der Waals surface area (Å²) in [6.45, 7) is 5.58. The predicted molar refractivity (Wildman–Crippen MR) is 76.4 cm³/mol. The Morgan fingerprint density at radius 1 is 1.26 bits per heavy atom. The van der Waals surface area contributed by atoms with Crippen LogP contribution in [0.1, 0.15) is 24.5 Å². The van der Waals surface area contributed by atoms with E-state index in [2.05, 4.69) is 17.2 Å². The Kier molecular flexibility index (Phi) is 4.63. The van der Waals surface area contributed by atoms with Crippen LogP contribution in [0.4, 0.5) is 4.39 Å². The maximum atomic E-state index is 14.0. The highest BCUT2D eigenvalue weighted by molar-refractivity contribution is 5.66. The summed E-state index contributed by atoms with van der Waals surface area (Å²) >= 11 is 0. The zero-order valence-electron chi connectivity index (χ0n) is 11.4. The first-order valence-corrected chi connectivity index (χ1v) is 6.62. The second-order valence-corrected chi connectivity index (χ2v) is 4.67. The lowest BCUT2D eigenvalue weighted by molar-refractivity contribution is 0.587. The standard InChI is InChI=1S/C16H19FN2/c1-3-7-18-10-14-5-4-13(9-16(14)17)15-11-19-8-6-12(15)2/h4-6,8-9,11,18H,3,7,10H2,1-2H3. The molecular formula is C16H19FN2. The van der Waals surface area contributed by atoms with Crippen molar-refractivity contribution in [2.75, 3.05) is 6.54 Å². The zero-order chi connectivity index (χ0) is 13.7. The van der Waals surface area contributed by atoms with Crippen LogP contribution in [-0.4, -0.2) is 11.5 Å². The molecule has 0 spiro atoms. The molecule has 0 bridgehead atoms. The molecule has 2 rings (SSSR count). The number of halogens is 1. The predicted octanol–water partition coefficient (Wildman–Crippen LogP) is 3.70. The first-order valence-electron chi connectivity index (χ1n) is 6.62. The molecule has 0 saturated carbocycles. The van der Waals surface area contributed by atoms with E-state index < -0.39 is 0 Å². The Hall–Kier alpha value is -1.74. The third-order valence-corrected chi connectivity index (χ3v) is 3.15. The van der Waals surface area contributed by atoms with Gasteiger partial charge < -0.3 is 5.32 Å². The molecule has 0 aliphatic rings. The van der Waals surface area contributed by atoms with Crippen molar-refractivity contribution in [2.45, 2.75) is 26.8 Å². The largest absolute Gasteiger partial charge is 0.313 e. The van der Waals surface area contributed by atoms with Gasteiger partial charge in [0, 0.05) is 30.1 Å². The van der Waals surface area contributed by atoms with Crippen molar-refractivity contribution < 1.29 is 4.39 Å². The molecule has 1 aromatic heterocycles. The van der Waals surface area contributed by atoms with E-state index in [0.717, 1.165) is 29.7 Å². The van der Waals surface area contributed by atoms with Gasteiger partial charge in [-0.3, -0.25) is 4.98 Å². The number of hydrogen-bond acceptors (Lipinski definition) is 2. The number of nitrogens with one attached hydrogen (secondary N) is 1. The molecular weight excluding hydrogens is 239 g/mol. The quantitative estimate of drug-likeness (QED) is 0.827. The van der Waals surface area contributed by atoms with Gasteiger partial charge in [-0.2, -0.15) is 0 Å². The Labute approximate surface area is 113 Å². The van der Waals surface area contributed by atoms with Crippen LogP contribution in [0.25, 0.3) is 11.1 Å². The van der Waals surface area contributed by atoms with Crippen LogP contribution < -0.4 is 5.32 Å². The van der Waals surface area contributed by atoms with Gasteiger partial charge in [0.15, 0.2) is 0 Å². The third kappa shape index (κ3) is 3.38. The Morgan fingerprint density at radius 3 is 2.79 bits per heavy atom. The van der Waals surface area contributed by atoms with Gasteiger partial charge >= 0.3 is 0 Å².